The normalized spacial score (nSPS) is 12.2. The highest BCUT2D eigenvalue weighted by atomic mass is 127. The zero-order valence-corrected chi connectivity index (χ0v) is 17.6. The smallest absolute Gasteiger partial charge is 0.193 e. The zero-order valence-electron chi connectivity index (χ0n) is 14.4. The Bertz CT molecular complexity index is 590. The van der Waals surface area contributed by atoms with Gasteiger partial charge < -0.3 is 15.0 Å². The van der Waals surface area contributed by atoms with Crippen LogP contribution in [0.3, 0.4) is 0 Å². The first-order chi connectivity index (χ1) is 11.2. The number of aliphatic imine (C=N–C) groups is 1. The maximum Gasteiger partial charge on any atom is 0.193 e. The second-order valence-corrected chi connectivity index (χ2v) is 6.25. The summed E-state index contributed by atoms with van der Waals surface area (Å²) < 4.78 is 5.73. The van der Waals surface area contributed by atoms with E-state index in [1.165, 1.54) is 5.56 Å². The Kier molecular flexibility index (Phi) is 9.78. The number of guanidine groups is 1. The van der Waals surface area contributed by atoms with Crippen LogP contribution in [0.4, 0.5) is 0 Å². The number of benzene rings is 1. The third-order valence-corrected chi connectivity index (χ3v) is 4.39. The van der Waals surface area contributed by atoms with Crippen molar-refractivity contribution in [2.45, 2.75) is 12.8 Å². The van der Waals surface area contributed by atoms with Gasteiger partial charge in [-0.3, -0.25) is 4.99 Å². The number of likely N-dealkylation sites (N-methyl/N-ethyl adjacent to an activating group) is 1. The lowest BCUT2D eigenvalue weighted by molar-refractivity contribution is 0.281. The average Bonchev–Trinajstić information content (AvgIpc) is 3.11. The van der Waals surface area contributed by atoms with E-state index in [1.54, 1.807) is 11.3 Å². The first-order valence-corrected chi connectivity index (χ1v) is 8.76. The van der Waals surface area contributed by atoms with Gasteiger partial charge in [-0.15, -0.1) is 24.0 Å². The largest absolute Gasteiger partial charge is 0.492 e. The van der Waals surface area contributed by atoms with Gasteiger partial charge in [0, 0.05) is 20.6 Å². The highest BCUT2D eigenvalue weighted by Crippen LogP contribution is 2.17. The van der Waals surface area contributed by atoms with Gasteiger partial charge in [-0.1, -0.05) is 25.1 Å². The third-order valence-electron chi connectivity index (χ3n) is 3.69. The number of halogens is 1. The van der Waals surface area contributed by atoms with Crippen molar-refractivity contribution in [1.82, 2.24) is 10.2 Å². The van der Waals surface area contributed by atoms with Gasteiger partial charge in [-0.05, 0) is 40.4 Å². The van der Waals surface area contributed by atoms with Crippen molar-refractivity contribution in [3.8, 4) is 5.75 Å². The summed E-state index contributed by atoms with van der Waals surface area (Å²) in [6.45, 7) is 4.50. The van der Waals surface area contributed by atoms with Crippen molar-refractivity contribution in [2.24, 2.45) is 4.99 Å². The van der Waals surface area contributed by atoms with E-state index in [4.69, 9.17) is 4.74 Å². The summed E-state index contributed by atoms with van der Waals surface area (Å²) in [6.07, 6.45) is 0. The second kappa shape index (κ2) is 11.3. The molecule has 1 N–H and O–H groups in total. The van der Waals surface area contributed by atoms with Crippen LogP contribution in [0.15, 0.2) is 52.2 Å². The van der Waals surface area contributed by atoms with Gasteiger partial charge in [0.25, 0.3) is 0 Å². The SMILES string of the molecule is CN=C(NCC(C)c1ccsc1)N(C)CCOc1ccccc1.I. The molecule has 0 radical (unpaired) electrons. The van der Waals surface area contributed by atoms with Crippen molar-refractivity contribution in [1.29, 1.82) is 0 Å². The topological polar surface area (TPSA) is 36.9 Å². The van der Waals surface area contributed by atoms with E-state index in [0.717, 1.165) is 24.8 Å². The number of nitrogens with one attached hydrogen (secondary N) is 1. The molecule has 0 saturated heterocycles. The Morgan fingerprint density at radius 2 is 2.04 bits per heavy atom. The summed E-state index contributed by atoms with van der Waals surface area (Å²) in [5.41, 5.74) is 1.37. The Hall–Kier alpha value is -1.28. The molecule has 0 saturated carbocycles. The number of hydrogen-bond donors (Lipinski definition) is 1. The van der Waals surface area contributed by atoms with Crippen LogP contribution in [-0.4, -0.2) is 44.7 Å². The van der Waals surface area contributed by atoms with E-state index >= 15 is 0 Å². The summed E-state index contributed by atoms with van der Waals surface area (Å²) in [5, 5.41) is 7.75. The fourth-order valence-electron chi connectivity index (χ4n) is 2.23. The molecule has 1 atom stereocenters. The van der Waals surface area contributed by atoms with Gasteiger partial charge in [-0.25, -0.2) is 0 Å². The van der Waals surface area contributed by atoms with Crippen molar-refractivity contribution >= 4 is 41.3 Å². The van der Waals surface area contributed by atoms with Crippen LogP contribution < -0.4 is 10.1 Å². The number of nitrogens with zero attached hydrogens (tertiary/aromatic N) is 2. The number of hydrogen-bond acceptors (Lipinski definition) is 3. The highest BCUT2D eigenvalue weighted by molar-refractivity contribution is 14.0. The lowest BCUT2D eigenvalue weighted by atomic mass is 10.1. The maximum absolute atomic E-state index is 5.73. The van der Waals surface area contributed by atoms with Crippen LogP contribution in [-0.2, 0) is 0 Å². The van der Waals surface area contributed by atoms with Crippen molar-refractivity contribution in [3.05, 3.63) is 52.7 Å². The van der Waals surface area contributed by atoms with Gasteiger partial charge in [-0.2, -0.15) is 11.3 Å². The molecule has 0 amide bonds. The Morgan fingerprint density at radius 3 is 2.67 bits per heavy atom. The molecular formula is C18H26IN3OS. The first kappa shape index (κ1) is 20.8. The summed E-state index contributed by atoms with van der Waals surface area (Å²) in [6, 6.07) is 12.1. The Morgan fingerprint density at radius 1 is 1.29 bits per heavy atom. The number of para-hydroxylation sites is 1. The summed E-state index contributed by atoms with van der Waals surface area (Å²) in [5.74, 6) is 2.26. The quantitative estimate of drug-likeness (QED) is 0.386. The van der Waals surface area contributed by atoms with E-state index in [-0.39, 0.29) is 24.0 Å². The van der Waals surface area contributed by atoms with Gasteiger partial charge in [0.05, 0.1) is 6.54 Å². The minimum absolute atomic E-state index is 0. The molecule has 2 rings (SSSR count). The standard InChI is InChI=1S/C18H25N3OS.HI/c1-15(16-9-12-23-14-16)13-20-18(19-2)21(3)10-11-22-17-7-5-4-6-8-17;/h4-9,12,14-15H,10-11,13H2,1-3H3,(H,19,20);1H. The monoisotopic (exact) mass is 459 g/mol. The zero-order chi connectivity index (χ0) is 16.5. The van der Waals surface area contributed by atoms with Gasteiger partial charge in [0.15, 0.2) is 5.96 Å². The molecule has 2 aromatic rings. The number of rotatable bonds is 7. The second-order valence-electron chi connectivity index (χ2n) is 5.47. The predicted molar refractivity (Wildman–Crippen MR) is 114 cm³/mol. The van der Waals surface area contributed by atoms with Gasteiger partial charge in [0.2, 0.25) is 0 Å². The Balaban J connectivity index is 0.00000288. The van der Waals surface area contributed by atoms with Gasteiger partial charge >= 0.3 is 0 Å². The highest BCUT2D eigenvalue weighted by Gasteiger charge is 2.10. The van der Waals surface area contributed by atoms with Gasteiger partial charge in [0.1, 0.15) is 12.4 Å². The van der Waals surface area contributed by atoms with E-state index in [1.807, 2.05) is 44.4 Å². The molecule has 0 bridgehead atoms. The molecule has 24 heavy (non-hydrogen) atoms. The molecule has 6 heteroatoms. The molecule has 0 aliphatic rings. The molecule has 1 aromatic heterocycles. The summed E-state index contributed by atoms with van der Waals surface area (Å²) in [4.78, 5) is 6.43. The van der Waals surface area contributed by atoms with Crippen LogP contribution in [0, 0.1) is 0 Å². The fourth-order valence-corrected chi connectivity index (χ4v) is 3.01. The minimum Gasteiger partial charge on any atom is -0.492 e. The molecule has 1 heterocycles. The van der Waals surface area contributed by atoms with Crippen LogP contribution in [0.5, 0.6) is 5.75 Å². The van der Waals surface area contributed by atoms with Crippen LogP contribution >= 0.6 is 35.3 Å². The lowest BCUT2D eigenvalue weighted by Gasteiger charge is -2.23. The average molecular weight is 459 g/mol. The van der Waals surface area contributed by atoms with Crippen molar-refractivity contribution in [2.75, 3.05) is 33.8 Å². The molecule has 132 valence electrons. The number of thiophene rings is 1. The van der Waals surface area contributed by atoms with E-state index in [9.17, 15) is 0 Å². The maximum atomic E-state index is 5.73. The number of ether oxygens (including phenoxy) is 1. The molecule has 1 unspecified atom stereocenters. The van der Waals surface area contributed by atoms with Crippen molar-refractivity contribution in [3.63, 3.8) is 0 Å². The third kappa shape index (κ3) is 6.68. The van der Waals surface area contributed by atoms with E-state index in [0.29, 0.717) is 12.5 Å². The van der Waals surface area contributed by atoms with Crippen LogP contribution in [0.1, 0.15) is 18.4 Å². The Labute approximate surface area is 166 Å². The molecule has 0 aliphatic heterocycles. The van der Waals surface area contributed by atoms with E-state index < -0.39 is 0 Å². The molecule has 0 aliphatic carbocycles. The van der Waals surface area contributed by atoms with Crippen LogP contribution in [0.2, 0.25) is 0 Å². The minimum atomic E-state index is 0. The summed E-state index contributed by atoms with van der Waals surface area (Å²) >= 11 is 1.74. The first-order valence-electron chi connectivity index (χ1n) is 7.82. The predicted octanol–water partition coefficient (Wildman–Crippen LogP) is 4.06. The summed E-state index contributed by atoms with van der Waals surface area (Å²) in [7, 11) is 3.84. The lowest BCUT2D eigenvalue weighted by Crippen LogP contribution is -2.42. The fraction of sp³-hybridized carbons (Fsp3) is 0.389. The molecule has 0 spiro atoms. The molecule has 4 nitrogen and oxygen atoms in total. The van der Waals surface area contributed by atoms with Crippen LogP contribution in [0.25, 0.3) is 0 Å². The van der Waals surface area contributed by atoms with E-state index in [2.05, 4.69) is 39.0 Å². The molecule has 1 aromatic carbocycles. The molecule has 0 fully saturated rings. The van der Waals surface area contributed by atoms with Crippen molar-refractivity contribution < 1.29 is 4.74 Å². The molecular weight excluding hydrogens is 433 g/mol.